The molecule has 1 aromatic carbocycles. The quantitative estimate of drug-likeness (QED) is 0.550. The Balaban J connectivity index is 1.84. The summed E-state index contributed by atoms with van der Waals surface area (Å²) < 4.78 is 16.3. The highest BCUT2D eigenvalue weighted by Gasteiger charge is 2.34. The van der Waals surface area contributed by atoms with E-state index in [0.717, 1.165) is 0 Å². The van der Waals surface area contributed by atoms with Gasteiger partial charge in [-0.25, -0.2) is 9.78 Å². The van der Waals surface area contributed by atoms with Crippen LogP contribution in [-0.2, 0) is 4.74 Å². The van der Waals surface area contributed by atoms with Crippen molar-refractivity contribution in [2.24, 2.45) is 5.92 Å². The summed E-state index contributed by atoms with van der Waals surface area (Å²) in [5.74, 6) is 6.18. The van der Waals surface area contributed by atoms with E-state index in [1.54, 1.807) is 63.4 Å². The average Bonchev–Trinajstić information content (AvgIpc) is 2.90. The number of methoxy groups -OCH3 is 2. The third kappa shape index (κ3) is 7.12. The number of rotatable bonds is 7. The zero-order valence-electron chi connectivity index (χ0n) is 21.9. The average molecular weight is 511 g/mol. The number of hydrogen-bond acceptors (Lipinski definition) is 7. The first-order valence-electron chi connectivity index (χ1n) is 12.0. The molecule has 2 heterocycles. The van der Waals surface area contributed by atoms with Crippen LogP contribution in [0.5, 0.6) is 11.6 Å². The SMILES string of the molecule is COCC#Cc1cnc2c(c1)C(=O)N([C@@H](C)CO)C[C@@H](C)[C@@H](CN(C)C(=O)Nc1ccc(OC)cc1)O2. The molecule has 198 valence electrons. The molecule has 2 aromatic rings. The summed E-state index contributed by atoms with van der Waals surface area (Å²) >= 11 is 0. The molecule has 3 amide bonds. The molecule has 0 bridgehead atoms. The number of pyridine rings is 1. The van der Waals surface area contributed by atoms with E-state index in [0.29, 0.717) is 23.5 Å². The van der Waals surface area contributed by atoms with Crippen molar-refractivity contribution in [3.8, 4) is 23.5 Å². The molecule has 0 saturated heterocycles. The lowest BCUT2D eigenvalue weighted by molar-refractivity contribution is 0.0356. The molecule has 0 saturated carbocycles. The minimum absolute atomic E-state index is 0.162. The van der Waals surface area contributed by atoms with Crippen molar-refractivity contribution >= 4 is 17.6 Å². The van der Waals surface area contributed by atoms with Gasteiger partial charge in [0.25, 0.3) is 5.91 Å². The fourth-order valence-corrected chi connectivity index (χ4v) is 3.84. The van der Waals surface area contributed by atoms with Crippen LogP contribution in [0.25, 0.3) is 0 Å². The highest BCUT2D eigenvalue weighted by Crippen LogP contribution is 2.27. The van der Waals surface area contributed by atoms with Crippen molar-refractivity contribution in [2.45, 2.75) is 26.0 Å². The molecular formula is C27H34N4O6. The number of carbonyl (C=O) groups excluding carboxylic acids is 2. The second-order valence-corrected chi connectivity index (χ2v) is 8.97. The molecule has 0 radical (unpaired) electrons. The van der Waals surface area contributed by atoms with Crippen LogP contribution in [0, 0.1) is 17.8 Å². The molecular weight excluding hydrogens is 476 g/mol. The summed E-state index contributed by atoms with van der Waals surface area (Å²) in [5, 5.41) is 12.7. The zero-order valence-corrected chi connectivity index (χ0v) is 21.9. The Bertz CT molecular complexity index is 1140. The van der Waals surface area contributed by atoms with Crippen LogP contribution in [0.15, 0.2) is 36.5 Å². The fraction of sp³-hybridized carbons (Fsp3) is 0.444. The molecule has 0 spiro atoms. The van der Waals surface area contributed by atoms with E-state index in [-0.39, 0.29) is 49.1 Å². The first kappa shape index (κ1) is 27.8. The van der Waals surface area contributed by atoms with Gasteiger partial charge in [0.15, 0.2) is 0 Å². The number of amides is 3. The summed E-state index contributed by atoms with van der Waals surface area (Å²) in [4.78, 5) is 33.8. The Labute approximate surface area is 217 Å². The second kappa shape index (κ2) is 12.9. The number of nitrogens with one attached hydrogen (secondary N) is 1. The highest BCUT2D eigenvalue weighted by molar-refractivity contribution is 5.97. The van der Waals surface area contributed by atoms with E-state index in [9.17, 15) is 14.7 Å². The Morgan fingerprint density at radius 2 is 2.08 bits per heavy atom. The number of fused-ring (bicyclic) bond motifs is 1. The van der Waals surface area contributed by atoms with Crippen LogP contribution in [0.1, 0.15) is 29.8 Å². The molecule has 1 aliphatic heterocycles. The number of hydrogen-bond donors (Lipinski definition) is 2. The number of anilines is 1. The lowest BCUT2D eigenvalue weighted by Gasteiger charge is -2.37. The van der Waals surface area contributed by atoms with Crippen LogP contribution >= 0.6 is 0 Å². The van der Waals surface area contributed by atoms with Crippen LogP contribution < -0.4 is 14.8 Å². The van der Waals surface area contributed by atoms with Crippen molar-refractivity contribution in [3.63, 3.8) is 0 Å². The van der Waals surface area contributed by atoms with Gasteiger partial charge in [-0.05, 0) is 37.3 Å². The molecule has 3 atom stereocenters. The van der Waals surface area contributed by atoms with Gasteiger partial charge in [-0.1, -0.05) is 18.8 Å². The molecule has 10 heteroatoms. The summed E-state index contributed by atoms with van der Waals surface area (Å²) in [5.41, 5.74) is 1.43. The number of ether oxygens (including phenoxy) is 3. The minimum Gasteiger partial charge on any atom is -0.497 e. The standard InChI is InChI=1S/C27H34N4O6/c1-18-15-31(19(2)17-32)26(33)23-13-20(7-6-12-35-4)14-28-25(23)37-24(18)16-30(3)27(34)29-21-8-10-22(36-5)11-9-21/h8-11,13-14,18-19,24,32H,12,15-17H2,1-5H3,(H,29,34)/t18-,19+,24-/m1/s1. The van der Waals surface area contributed by atoms with Crippen molar-refractivity contribution < 1.29 is 28.9 Å². The van der Waals surface area contributed by atoms with Gasteiger partial charge in [0.1, 0.15) is 24.0 Å². The number of urea groups is 1. The molecule has 37 heavy (non-hydrogen) atoms. The summed E-state index contributed by atoms with van der Waals surface area (Å²) in [6.07, 6.45) is 1.07. The molecule has 10 nitrogen and oxygen atoms in total. The van der Waals surface area contributed by atoms with Crippen molar-refractivity contribution in [2.75, 3.05) is 52.9 Å². The molecule has 0 unspecified atom stereocenters. The number of likely N-dealkylation sites (N-methyl/N-ethyl adjacent to an activating group) is 1. The summed E-state index contributed by atoms with van der Waals surface area (Å²) in [6.45, 7) is 4.36. The number of aliphatic hydroxyl groups is 1. The van der Waals surface area contributed by atoms with Gasteiger partial charge in [-0.2, -0.15) is 0 Å². The molecule has 3 rings (SSSR count). The van der Waals surface area contributed by atoms with Crippen LogP contribution in [0.2, 0.25) is 0 Å². The highest BCUT2D eigenvalue weighted by atomic mass is 16.5. The van der Waals surface area contributed by atoms with E-state index in [4.69, 9.17) is 14.2 Å². The summed E-state index contributed by atoms with van der Waals surface area (Å²) in [6, 6.07) is 7.95. The van der Waals surface area contributed by atoms with Crippen molar-refractivity contribution in [1.29, 1.82) is 0 Å². The van der Waals surface area contributed by atoms with E-state index < -0.39 is 12.1 Å². The predicted molar refractivity (Wildman–Crippen MR) is 139 cm³/mol. The van der Waals surface area contributed by atoms with E-state index >= 15 is 0 Å². The first-order valence-corrected chi connectivity index (χ1v) is 12.0. The molecule has 0 aliphatic carbocycles. The molecule has 0 fully saturated rings. The largest absolute Gasteiger partial charge is 0.497 e. The first-order chi connectivity index (χ1) is 17.8. The van der Waals surface area contributed by atoms with Gasteiger partial charge in [0, 0.05) is 44.1 Å². The Kier molecular flexibility index (Phi) is 9.71. The van der Waals surface area contributed by atoms with Gasteiger partial charge in [-0.15, -0.1) is 0 Å². The number of aromatic nitrogens is 1. The van der Waals surface area contributed by atoms with Crippen molar-refractivity contribution in [3.05, 3.63) is 47.7 Å². The van der Waals surface area contributed by atoms with E-state index in [2.05, 4.69) is 22.1 Å². The number of carbonyl (C=O) groups is 2. The number of aliphatic hydroxyl groups excluding tert-OH is 1. The zero-order chi connectivity index (χ0) is 26.9. The van der Waals surface area contributed by atoms with E-state index in [1.165, 1.54) is 11.1 Å². The fourth-order valence-electron chi connectivity index (χ4n) is 3.84. The maximum Gasteiger partial charge on any atom is 0.321 e. The van der Waals surface area contributed by atoms with Gasteiger partial charge >= 0.3 is 6.03 Å². The van der Waals surface area contributed by atoms with Gasteiger partial charge in [-0.3, -0.25) is 4.79 Å². The van der Waals surface area contributed by atoms with Gasteiger partial charge in [0.05, 0.1) is 26.3 Å². The smallest absolute Gasteiger partial charge is 0.321 e. The lowest BCUT2D eigenvalue weighted by Crippen LogP contribution is -2.50. The topological polar surface area (TPSA) is 113 Å². The Morgan fingerprint density at radius 3 is 2.73 bits per heavy atom. The van der Waals surface area contributed by atoms with Crippen LogP contribution in [0.4, 0.5) is 10.5 Å². The third-order valence-corrected chi connectivity index (χ3v) is 6.11. The summed E-state index contributed by atoms with van der Waals surface area (Å²) in [7, 11) is 4.81. The van der Waals surface area contributed by atoms with Gasteiger partial charge in [0.2, 0.25) is 5.88 Å². The Hall–Kier alpha value is -3.81. The van der Waals surface area contributed by atoms with Crippen LogP contribution in [0.3, 0.4) is 0 Å². The Morgan fingerprint density at radius 1 is 1.35 bits per heavy atom. The molecule has 1 aliphatic rings. The maximum absolute atomic E-state index is 13.4. The lowest BCUT2D eigenvalue weighted by atomic mass is 10.00. The normalized spacial score (nSPS) is 17.8. The minimum atomic E-state index is -0.468. The van der Waals surface area contributed by atoms with Crippen LogP contribution in [-0.4, -0.2) is 91.5 Å². The maximum atomic E-state index is 13.4. The number of nitrogens with zero attached hydrogens (tertiary/aromatic N) is 3. The van der Waals surface area contributed by atoms with Crippen molar-refractivity contribution in [1.82, 2.24) is 14.8 Å². The monoisotopic (exact) mass is 510 g/mol. The second-order valence-electron chi connectivity index (χ2n) is 8.97. The number of benzene rings is 1. The molecule has 2 N–H and O–H groups in total. The predicted octanol–water partition coefficient (Wildman–Crippen LogP) is 2.47. The molecule has 1 aromatic heterocycles. The third-order valence-electron chi connectivity index (χ3n) is 6.11. The van der Waals surface area contributed by atoms with Gasteiger partial charge < -0.3 is 34.4 Å². The van der Waals surface area contributed by atoms with E-state index in [1.807, 2.05) is 6.92 Å².